The first kappa shape index (κ1) is 14.6. The van der Waals surface area contributed by atoms with E-state index in [1.54, 1.807) is 0 Å². The van der Waals surface area contributed by atoms with Gasteiger partial charge in [-0.2, -0.15) is 0 Å². The largest absolute Gasteiger partial charge is 0.483 e. The van der Waals surface area contributed by atoms with Crippen LogP contribution in [0.3, 0.4) is 0 Å². The average molecular weight is 295 g/mol. The van der Waals surface area contributed by atoms with E-state index in [0.717, 1.165) is 36.3 Å². The van der Waals surface area contributed by atoms with Gasteiger partial charge >= 0.3 is 0 Å². The van der Waals surface area contributed by atoms with Gasteiger partial charge in [0, 0.05) is 5.69 Å². The molecule has 0 spiro atoms. The first-order valence-corrected chi connectivity index (χ1v) is 7.88. The lowest BCUT2D eigenvalue weighted by Crippen LogP contribution is -2.20. The number of fused-ring (bicyclic) bond motifs is 1. The molecule has 3 nitrogen and oxygen atoms in total. The number of aryl methyl sites for hydroxylation is 3. The van der Waals surface area contributed by atoms with Gasteiger partial charge in [0.05, 0.1) is 0 Å². The van der Waals surface area contributed by atoms with Crippen LogP contribution < -0.4 is 10.1 Å². The van der Waals surface area contributed by atoms with Crippen molar-refractivity contribution in [1.29, 1.82) is 0 Å². The number of para-hydroxylation sites is 1. The summed E-state index contributed by atoms with van der Waals surface area (Å²) in [4.78, 5) is 12.0. The molecule has 0 heterocycles. The van der Waals surface area contributed by atoms with E-state index in [0.29, 0.717) is 0 Å². The number of hydrogen-bond acceptors (Lipinski definition) is 2. The minimum Gasteiger partial charge on any atom is -0.483 e. The van der Waals surface area contributed by atoms with Gasteiger partial charge in [-0.25, -0.2) is 0 Å². The summed E-state index contributed by atoms with van der Waals surface area (Å²) in [6.07, 6.45) is 4.37. The Kier molecular flexibility index (Phi) is 4.42. The lowest BCUT2D eigenvalue weighted by Gasteiger charge is -2.11. The molecule has 1 N–H and O–H groups in total. The van der Waals surface area contributed by atoms with Gasteiger partial charge in [-0.3, -0.25) is 4.79 Å². The number of carbonyl (C=O) groups excluding carboxylic acids is 1. The molecule has 0 bridgehead atoms. The van der Waals surface area contributed by atoms with Gasteiger partial charge in [0.15, 0.2) is 6.61 Å². The third-order valence-electron chi connectivity index (χ3n) is 4.09. The lowest BCUT2D eigenvalue weighted by molar-refractivity contribution is -0.118. The molecule has 1 aliphatic carbocycles. The van der Waals surface area contributed by atoms with Crippen molar-refractivity contribution in [3.63, 3.8) is 0 Å². The SMILES string of the molecule is CCc1ccccc1OCC(=O)Nc1ccc2c(c1)CCC2. The van der Waals surface area contributed by atoms with Gasteiger partial charge < -0.3 is 10.1 Å². The zero-order chi connectivity index (χ0) is 15.4. The molecule has 2 aromatic rings. The van der Waals surface area contributed by atoms with Crippen LogP contribution in [0.15, 0.2) is 42.5 Å². The van der Waals surface area contributed by atoms with E-state index >= 15 is 0 Å². The average Bonchev–Trinajstić information content (AvgIpc) is 3.01. The van der Waals surface area contributed by atoms with Crippen molar-refractivity contribution >= 4 is 11.6 Å². The van der Waals surface area contributed by atoms with Gasteiger partial charge in [-0.1, -0.05) is 31.2 Å². The zero-order valence-electron chi connectivity index (χ0n) is 12.9. The molecular weight excluding hydrogens is 274 g/mol. The van der Waals surface area contributed by atoms with Gasteiger partial charge in [0.25, 0.3) is 5.91 Å². The smallest absolute Gasteiger partial charge is 0.262 e. The highest BCUT2D eigenvalue weighted by Crippen LogP contribution is 2.25. The molecule has 0 aliphatic heterocycles. The Morgan fingerprint density at radius 2 is 1.95 bits per heavy atom. The van der Waals surface area contributed by atoms with Crippen LogP contribution in [-0.2, 0) is 24.1 Å². The molecule has 0 saturated carbocycles. The van der Waals surface area contributed by atoms with E-state index in [4.69, 9.17) is 4.74 Å². The lowest BCUT2D eigenvalue weighted by atomic mass is 10.1. The Morgan fingerprint density at radius 3 is 2.82 bits per heavy atom. The molecule has 0 radical (unpaired) electrons. The Morgan fingerprint density at radius 1 is 1.14 bits per heavy atom. The quantitative estimate of drug-likeness (QED) is 0.912. The standard InChI is InChI=1S/C19H21NO2/c1-2-14-6-3-4-9-18(14)22-13-19(21)20-17-11-10-15-7-5-8-16(15)12-17/h3-4,6,9-12H,2,5,7-8,13H2,1H3,(H,20,21). The highest BCUT2D eigenvalue weighted by Gasteiger charge is 2.12. The third kappa shape index (κ3) is 3.30. The van der Waals surface area contributed by atoms with Crippen molar-refractivity contribution in [3.8, 4) is 5.75 Å². The summed E-state index contributed by atoms with van der Waals surface area (Å²) >= 11 is 0. The van der Waals surface area contributed by atoms with Gasteiger partial charge in [0.1, 0.15) is 5.75 Å². The number of nitrogens with one attached hydrogen (secondary N) is 1. The molecule has 1 amide bonds. The molecule has 3 rings (SSSR count). The maximum absolute atomic E-state index is 12.0. The summed E-state index contributed by atoms with van der Waals surface area (Å²) in [5.41, 5.74) is 4.74. The number of anilines is 1. The summed E-state index contributed by atoms with van der Waals surface area (Å²) < 4.78 is 5.64. The van der Waals surface area contributed by atoms with E-state index < -0.39 is 0 Å². The zero-order valence-corrected chi connectivity index (χ0v) is 12.9. The van der Waals surface area contributed by atoms with E-state index in [1.807, 2.05) is 30.3 Å². The van der Waals surface area contributed by atoms with Crippen LogP contribution in [0.1, 0.15) is 30.0 Å². The predicted molar refractivity (Wildman–Crippen MR) is 88.4 cm³/mol. The maximum atomic E-state index is 12.0. The fraction of sp³-hybridized carbons (Fsp3) is 0.316. The Bertz CT molecular complexity index is 679. The second kappa shape index (κ2) is 6.65. The van der Waals surface area contributed by atoms with Crippen molar-refractivity contribution in [3.05, 3.63) is 59.2 Å². The number of ether oxygens (including phenoxy) is 1. The Hall–Kier alpha value is -2.29. The van der Waals surface area contributed by atoms with Gasteiger partial charge in [-0.05, 0) is 60.6 Å². The fourth-order valence-corrected chi connectivity index (χ4v) is 2.93. The second-order valence-electron chi connectivity index (χ2n) is 5.64. The number of carbonyl (C=O) groups is 1. The third-order valence-corrected chi connectivity index (χ3v) is 4.09. The number of hydrogen-bond donors (Lipinski definition) is 1. The molecule has 114 valence electrons. The molecule has 2 aromatic carbocycles. The first-order chi connectivity index (χ1) is 10.8. The fourth-order valence-electron chi connectivity index (χ4n) is 2.93. The minimum absolute atomic E-state index is 0.0358. The van der Waals surface area contributed by atoms with Crippen molar-refractivity contribution in [2.75, 3.05) is 11.9 Å². The Balaban J connectivity index is 1.58. The van der Waals surface area contributed by atoms with E-state index in [1.165, 1.54) is 17.5 Å². The van der Waals surface area contributed by atoms with Crippen LogP contribution >= 0.6 is 0 Å². The van der Waals surface area contributed by atoms with Crippen molar-refractivity contribution < 1.29 is 9.53 Å². The summed E-state index contributed by atoms with van der Waals surface area (Å²) in [5.74, 6) is 0.665. The highest BCUT2D eigenvalue weighted by molar-refractivity contribution is 5.92. The van der Waals surface area contributed by atoms with Crippen LogP contribution in [0.4, 0.5) is 5.69 Å². The summed E-state index contributed by atoms with van der Waals surface area (Å²) in [7, 11) is 0. The van der Waals surface area contributed by atoms with Crippen molar-refractivity contribution in [2.45, 2.75) is 32.6 Å². The molecule has 0 unspecified atom stereocenters. The molecule has 3 heteroatoms. The molecule has 0 fully saturated rings. The summed E-state index contributed by atoms with van der Waals surface area (Å²) in [6, 6.07) is 14.0. The van der Waals surface area contributed by atoms with Crippen molar-refractivity contribution in [1.82, 2.24) is 0 Å². The topological polar surface area (TPSA) is 38.3 Å². The maximum Gasteiger partial charge on any atom is 0.262 e. The molecule has 0 saturated heterocycles. The van der Waals surface area contributed by atoms with E-state index in [-0.39, 0.29) is 12.5 Å². The van der Waals surface area contributed by atoms with Crippen LogP contribution in [0.25, 0.3) is 0 Å². The van der Waals surface area contributed by atoms with Crippen LogP contribution in [0, 0.1) is 0 Å². The molecular formula is C19H21NO2. The summed E-state index contributed by atoms with van der Waals surface area (Å²) in [6.45, 7) is 2.11. The number of benzene rings is 2. The van der Waals surface area contributed by atoms with E-state index in [9.17, 15) is 4.79 Å². The van der Waals surface area contributed by atoms with Gasteiger partial charge in [-0.15, -0.1) is 0 Å². The second-order valence-corrected chi connectivity index (χ2v) is 5.64. The number of amides is 1. The van der Waals surface area contributed by atoms with Crippen LogP contribution in [-0.4, -0.2) is 12.5 Å². The Labute approximate surface area is 131 Å². The van der Waals surface area contributed by atoms with Gasteiger partial charge in [0.2, 0.25) is 0 Å². The minimum atomic E-state index is -0.121. The molecule has 0 aromatic heterocycles. The first-order valence-electron chi connectivity index (χ1n) is 7.88. The van der Waals surface area contributed by atoms with Crippen LogP contribution in [0.2, 0.25) is 0 Å². The van der Waals surface area contributed by atoms with E-state index in [2.05, 4.69) is 24.4 Å². The number of rotatable bonds is 5. The highest BCUT2D eigenvalue weighted by atomic mass is 16.5. The normalized spacial score (nSPS) is 12.8. The summed E-state index contributed by atoms with van der Waals surface area (Å²) in [5, 5.41) is 2.92. The van der Waals surface area contributed by atoms with Crippen LogP contribution in [0.5, 0.6) is 5.75 Å². The van der Waals surface area contributed by atoms with Crippen molar-refractivity contribution in [2.24, 2.45) is 0 Å². The monoisotopic (exact) mass is 295 g/mol. The molecule has 22 heavy (non-hydrogen) atoms. The predicted octanol–water partition coefficient (Wildman–Crippen LogP) is 3.76. The molecule has 0 atom stereocenters. The molecule has 1 aliphatic rings.